The molecule has 2 aromatic heterocycles. The fraction of sp³-hybridized carbons (Fsp3) is 0. The van der Waals surface area contributed by atoms with Gasteiger partial charge in [0.1, 0.15) is 0 Å². The normalized spacial score (nSPS) is 10.6. The van der Waals surface area contributed by atoms with Crippen molar-refractivity contribution in [3.8, 4) is 23.0 Å². The van der Waals surface area contributed by atoms with Crippen molar-refractivity contribution in [2.45, 2.75) is 0 Å². The number of aromatic amines is 1. The second-order valence-electron chi connectivity index (χ2n) is 3.37. The Bertz CT molecular complexity index is 630. The highest BCUT2D eigenvalue weighted by molar-refractivity contribution is 5.70. The lowest BCUT2D eigenvalue weighted by Gasteiger charge is -1.97. The Hall–Kier alpha value is -2.70. The van der Waals surface area contributed by atoms with Crippen molar-refractivity contribution < 1.29 is 4.52 Å². The quantitative estimate of drug-likeness (QED) is 0.636. The highest BCUT2D eigenvalue weighted by Gasteiger charge is 2.13. The molecule has 0 aliphatic carbocycles. The number of nitrogen functional groups attached to an aromatic ring is 1. The van der Waals surface area contributed by atoms with Gasteiger partial charge in [0.25, 0.3) is 5.89 Å². The van der Waals surface area contributed by atoms with E-state index >= 15 is 0 Å². The molecule has 7 heteroatoms. The van der Waals surface area contributed by atoms with Gasteiger partial charge in [-0.2, -0.15) is 20.4 Å². The summed E-state index contributed by atoms with van der Waals surface area (Å²) in [5, 5.41) is 13.8. The first-order valence-electron chi connectivity index (χ1n) is 4.89. The Labute approximate surface area is 95.7 Å². The van der Waals surface area contributed by atoms with Crippen molar-refractivity contribution >= 4 is 5.69 Å². The van der Waals surface area contributed by atoms with Gasteiger partial charge in [0.05, 0.1) is 11.8 Å². The number of para-hydroxylation sites is 1. The molecule has 1 aromatic carbocycles. The monoisotopic (exact) mass is 228 g/mol. The van der Waals surface area contributed by atoms with E-state index in [0.29, 0.717) is 28.7 Å². The zero-order chi connectivity index (χ0) is 11.7. The minimum absolute atomic E-state index is 0.362. The van der Waals surface area contributed by atoms with Crippen LogP contribution in [0.2, 0.25) is 0 Å². The van der Waals surface area contributed by atoms with Crippen molar-refractivity contribution in [3.63, 3.8) is 0 Å². The predicted octanol–water partition coefficient (Wildman–Crippen LogP) is 1.10. The number of aromatic nitrogens is 5. The third-order valence-corrected chi connectivity index (χ3v) is 2.26. The highest BCUT2D eigenvalue weighted by atomic mass is 16.5. The van der Waals surface area contributed by atoms with Gasteiger partial charge in [0.15, 0.2) is 5.69 Å². The van der Waals surface area contributed by atoms with Crippen LogP contribution in [0.1, 0.15) is 0 Å². The Morgan fingerprint density at radius 3 is 2.88 bits per heavy atom. The van der Waals surface area contributed by atoms with Gasteiger partial charge < -0.3 is 10.3 Å². The molecule has 0 unspecified atom stereocenters. The van der Waals surface area contributed by atoms with Crippen LogP contribution in [0.15, 0.2) is 35.0 Å². The summed E-state index contributed by atoms with van der Waals surface area (Å²) in [6.07, 6.45) is 1.52. The smallest absolute Gasteiger partial charge is 0.260 e. The molecule has 0 aliphatic rings. The molecule has 3 rings (SSSR count). The van der Waals surface area contributed by atoms with E-state index in [0.717, 1.165) is 0 Å². The number of hydrogen-bond acceptors (Lipinski definition) is 6. The van der Waals surface area contributed by atoms with Crippen LogP contribution in [-0.2, 0) is 0 Å². The van der Waals surface area contributed by atoms with Gasteiger partial charge in [-0.1, -0.05) is 17.3 Å². The van der Waals surface area contributed by atoms with Gasteiger partial charge in [0, 0.05) is 5.69 Å². The van der Waals surface area contributed by atoms with Gasteiger partial charge in [-0.25, -0.2) is 0 Å². The zero-order valence-electron chi connectivity index (χ0n) is 8.66. The number of hydrogen-bond donors (Lipinski definition) is 2. The molecule has 0 radical (unpaired) electrons. The summed E-state index contributed by atoms with van der Waals surface area (Å²) in [7, 11) is 0. The predicted molar refractivity (Wildman–Crippen MR) is 59.5 cm³/mol. The van der Waals surface area contributed by atoms with Crippen molar-refractivity contribution in [1.29, 1.82) is 0 Å². The summed E-state index contributed by atoms with van der Waals surface area (Å²) in [6, 6.07) is 7.28. The molecule has 0 saturated carbocycles. The minimum atomic E-state index is 0.362. The van der Waals surface area contributed by atoms with Crippen molar-refractivity contribution in [2.24, 2.45) is 0 Å². The maximum atomic E-state index is 5.82. The fourth-order valence-corrected chi connectivity index (χ4v) is 1.44. The summed E-state index contributed by atoms with van der Waals surface area (Å²) < 4.78 is 5.13. The van der Waals surface area contributed by atoms with Crippen LogP contribution in [0.5, 0.6) is 0 Å². The topological polar surface area (TPSA) is 107 Å². The van der Waals surface area contributed by atoms with Crippen LogP contribution in [0.4, 0.5) is 5.69 Å². The van der Waals surface area contributed by atoms with Crippen molar-refractivity contribution in [1.82, 2.24) is 25.6 Å². The van der Waals surface area contributed by atoms with E-state index in [1.165, 1.54) is 6.20 Å². The molecular weight excluding hydrogens is 220 g/mol. The van der Waals surface area contributed by atoms with Gasteiger partial charge in [-0.05, 0) is 12.1 Å². The average Bonchev–Trinajstić information content (AvgIpc) is 3.00. The third-order valence-electron chi connectivity index (χ3n) is 2.26. The number of benzene rings is 1. The lowest BCUT2D eigenvalue weighted by atomic mass is 10.2. The van der Waals surface area contributed by atoms with Crippen LogP contribution in [0.3, 0.4) is 0 Å². The van der Waals surface area contributed by atoms with Crippen LogP contribution in [0.25, 0.3) is 23.0 Å². The largest absolute Gasteiger partial charge is 0.398 e. The molecule has 0 atom stereocenters. The van der Waals surface area contributed by atoms with E-state index in [-0.39, 0.29) is 0 Å². The summed E-state index contributed by atoms with van der Waals surface area (Å²) in [6.45, 7) is 0. The van der Waals surface area contributed by atoms with E-state index in [1.54, 1.807) is 6.07 Å². The molecule has 3 aromatic rings. The maximum absolute atomic E-state index is 5.82. The standard InChI is InChI=1S/C10H8N6O/c11-7-4-2-1-3-6(7)10-13-9(15-17-10)8-5-12-16-14-8/h1-5H,11H2,(H,12,14,16). The van der Waals surface area contributed by atoms with E-state index in [1.807, 2.05) is 18.2 Å². The zero-order valence-corrected chi connectivity index (χ0v) is 8.66. The SMILES string of the molecule is Nc1ccccc1-c1nc(-c2cn[nH]n2)no1. The Morgan fingerprint density at radius 2 is 2.12 bits per heavy atom. The number of rotatable bonds is 2. The molecule has 0 saturated heterocycles. The number of nitrogens with one attached hydrogen (secondary N) is 1. The molecule has 0 spiro atoms. The first-order chi connectivity index (χ1) is 8.34. The Balaban J connectivity index is 2.04. The molecule has 0 bridgehead atoms. The second-order valence-corrected chi connectivity index (χ2v) is 3.37. The molecular formula is C10H8N6O. The molecule has 7 nitrogen and oxygen atoms in total. The lowest BCUT2D eigenvalue weighted by molar-refractivity contribution is 0.432. The van der Waals surface area contributed by atoms with Crippen molar-refractivity contribution in [3.05, 3.63) is 30.5 Å². The van der Waals surface area contributed by atoms with E-state index < -0.39 is 0 Å². The van der Waals surface area contributed by atoms with Gasteiger partial charge in [0.2, 0.25) is 5.82 Å². The van der Waals surface area contributed by atoms with Crippen LogP contribution in [-0.4, -0.2) is 25.6 Å². The summed E-state index contributed by atoms with van der Waals surface area (Å²) in [5.41, 5.74) is 7.63. The Morgan fingerprint density at radius 1 is 1.24 bits per heavy atom. The molecule has 3 N–H and O–H groups in total. The first-order valence-corrected chi connectivity index (χ1v) is 4.89. The molecule has 0 fully saturated rings. The summed E-state index contributed by atoms with van der Waals surface area (Å²) in [4.78, 5) is 4.20. The number of anilines is 1. The average molecular weight is 228 g/mol. The fourth-order valence-electron chi connectivity index (χ4n) is 1.44. The number of H-pyrrole nitrogens is 1. The highest BCUT2D eigenvalue weighted by Crippen LogP contribution is 2.25. The van der Waals surface area contributed by atoms with E-state index in [2.05, 4.69) is 25.6 Å². The second kappa shape index (κ2) is 3.71. The van der Waals surface area contributed by atoms with Gasteiger partial charge >= 0.3 is 0 Å². The molecule has 84 valence electrons. The third kappa shape index (κ3) is 1.63. The van der Waals surface area contributed by atoms with Crippen molar-refractivity contribution in [2.75, 3.05) is 5.73 Å². The molecule has 17 heavy (non-hydrogen) atoms. The van der Waals surface area contributed by atoms with Gasteiger partial charge in [-0.15, -0.1) is 0 Å². The molecule has 0 amide bonds. The molecule has 2 heterocycles. The first kappa shape index (κ1) is 9.52. The minimum Gasteiger partial charge on any atom is -0.398 e. The number of nitrogens with zero attached hydrogens (tertiary/aromatic N) is 4. The summed E-state index contributed by atoms with van der Waals surface area (Å²) in [5.74, 6) is 0.734. The van der Waals surface area contributed by atoms with E-state index in [9.17, 15) is 0 Å². The van der Waals surface area contributed by atoms with E-state index in [4.69, 9.17) is 10.3 Å². The number of nitrogens with two attached hydrogens (primary N) is 1. The van der Waals surface area contributed by atoms with Crippen LogP contribution < -0.4 is 5.73 Å². The van der Waals surface area contributed by atoms with Crippen LogP contribution in [0, 0.1) is 0 Å². The maximum Gasteiger partial charge on any atom is 0.260 e. The van der Waals surface area contributed by atoms with Crippen LogP contribution >= 0.6 is 0 Å². The molecule has 0 aliphatic heterocycles. The summed E-state index contributed by atoms with van der Waals surface area (Å²) >= 11 is 0. The van der Waals surface area contributed by atoms with Gasteiger partial charge in [-0.3, -0.25) is 0 Å². The lowest BCUT2D eigenvalue weighted by Crippen LogP contribution is -1.89. The Kier molecular flexibility index (Phi) is 2.08.